The van der Waals surface area contributed by atoms with Crippen molar-refractivity contribution >= 4 is 17.2 Å². The number of hydrogen-bond acceptors (Lipinski definition) is 5. The van der Waals surface area contributed by atoms with Crippen molar-refractivity contribution in [3.8, 4) is 0 Å². The second-order valence-corrected chi connectivity index (χ2v) is 6.17. The standard InChI is InChI=1S/C12H21N3O2S/c1-8(16)4-12(2,3)7-14-11(17)9-6-18-10(5-13)15-9/h6,8,16H,4-5,7,13H2,1-3H3,(H,14,17). The smallest absolute Gasteiger partial charge is 0.270 e. The van der Waals surface area contributed by atoms with Gasteiger partial charge >= 0.3 is 0 Å². The van der Waals surface area contributed by atoms with Crippen molar-refractivity contribution in [2.24, 2.45) is 11.1 Å². The molecule has 0 radical (unpaired) electrons. The number of nitrogens with two attached hydrogens (primary N) is 1. The van der Waals surface area contributed by atoms with Gasteiger partial charge in [0.05, 0.1) is 6.10 Å². The Balaban J connectivity index is 2.50. The largest absolute Gasteiger partial charge is 0.393 e. The summed E-state index contributed by atoms with van der Waals surface area (Å²) >= 11 is 1.38. The summed E-state index contributed by atoms with van der Waals surface area (Å²) in [6, 6.07) is 0. The molecule has 1 amide bonds. The van der Waals surface area contributed by atoms with Crippen LogP contribution in [0.25, 0.3) is 0 Å². The van der Waals surface area contributed by atoms with Crippen molar-refractivity contribution in [2.75, 3.05) is 6.54 Å². The lowest BCUT2D eigenvalue weighted by atomic mass is 9.87. The highest BCUT2D eigenvalue weighted by molar-refractivity contribution is 7.09. The molecule has 0 aliphatic rings. The van der Waals surface area contributed by atoms with Crippen molar-refractivity contribution in [1.29, 1.82) is 0 Å². The molecule has 6 heteroatoms. The lowest BCUT2D eigenvalue weighted by molar-refractivity contribution is 0.0898. The van der Waals surface area contributed by atoms with Gasteiger partial charge in [0, 0.05) is 18.5 Å². The van der Waals surface area contributed by atoms with Gasteiger partial charge in [-0.2, -0.15) is 0 Å². The van der Waals surface area contributed by atoms with Crippen LogP contribution in [-0.4, -0.2) is 28.6 Å². The summed E-state index contributed by atoms with van der Waals surface area (Å²) in [7, 11) is 0. The van der Waals surface area contributed by atoms with Gasteiger partial charge < -0.3 is 16.2 Å². The summed E-state index contributed by atoms with van der Waals surface area (Å²) in [5.41, 5.74) is 5.72. The van der Waals surface area contributed by atoms with Crippen LogP contribution in [0.4, 0.5) is 0 Å². The molecule has 0 aromatic carbocycles. The molecule has 0 saturated carbocycles. The van der Waals surface area contributed by atoms with Crippen LogP contribution in [0.3, 0.4) is 0 Å². The van der Waals surface area contributed by atoms with Gasteiger partial charge in [-0.15, -0.1) is 11.3 Å². The fourth-order valence-electron chi connectivity index (χ4n) is 1.79. The first kappa shape index (κ1) is 15.1. The Kier molecular flexibility index (Phi) is 5.25. The highest BCUT2D eigenvalue weighted by atomic mass is 32.1. The molecular formula is C12H21N3O2S. The first-order valence-electron chi connectivity index (χ1n) is 5.95. The zero-order valence-corrected chi connectivity index (χ0v) is 11.9. The quantitative estimate of drug-likeness (QED) is 0.723. The minimum Gasteiger partial charge on any atom is -0.393 e. The fraction of sp³-hybridized carbons (Fsp3) is 0.667. The maximum atomic E-state index is 11.8. The normalized spacial score (nSPS) is 13.4. The van der Waals surface area contributed by atoms with Gasteiger partial charge in [0.1, 0.15) is 10.7 Å². The number of aromatic nitrogens is 1. The molecule has 1 atom stereocenters. The van der Waals surface area contributed by atoms with Crippen LogP contribution in [0, 0.1) is 5.41 Å². The Hall–Kier alpha value is -0.980. The van der Waals surface area contributed by atoms with E-state index in [2.05, 4.69) is 10.3 Å². The van der Waals surface area contributed by atoms with Crippen molar-refractivity contribution in [3.63, 3.8) is 0 Å². The molecule has 1 aromatic rings. The van der Waals surface area contributed by atoms with Crippen LogP contribution in [0.15, 0.2) is 5.38 Å². The molecule has 0 aliphatic heterocycles. The van der Waals surface area contributed by atoms with Crippen molar-refractivity contribution in [3.05, 3.63) is 16.1 Å². The van der Waals surface area contributed by atoms with E-state index in [-0.39, 0.29) is 17.4 Å². The molecule has 0 bridgehead atoms. The lowest BCUT2D eigenvalue weighted by Gasteiger charge is -2.26. The number of carbonyl (C=O) groups excluding carboxylic acids is 1. The minimum atomic E-state index is -0.375. The number of nitrogens with one attached hydrogen (secondary N) is 1. The van der Waals surface area contributed by atoms with Gasteiger partial charge in [-0.1, -0.05) is 13.8 Å². The third-order valence-electron chi connectivity index (χ3n) is 2.53. The molecule has 0 fully saturated rings. The second-order valence-electron chi connectivity index (χ2n) is 5.23. The highest BCUT2D eigenvalue weighted by Gasteiger charge is 2.22. The molecule has 102 valence electrons. The molecule has 1 aromatic heterocycles. The minimum absolute atomic E-state index is 0.142. The van der Waals surface area contributed by atoms with Crippen molar-refractivity contribution in [2.45, 2.75) is 39.8 Å². The first-order valence-corrected chi connectivity index (χ1v) is 6.83. The number of thiazole rings is 1. The van der Waals surface area contributed by atoms with Gasteiger partial charge in [-0.25, -0.2) is 4.98 Å². The first-order chi connectivity index (χ1) is 8.34. The van der Waals surface area contributed by atoms with Gasteiger partial charge in [0.25, 0.3) is 5.91 Å². The maximum absolute atomic E-state index is 11.8. The molecule has 4 N–H and O–H groups in total. The molecule has 18 heavy (non-hydrogen) atoms. The van der Waals surface area contributed by atoms with E-state index in [0.29, 0.717) is 25.2 Å². The number of amides is 1. The summed E-state index contributed by atoms with van der Waals surface area (Å²) in [5, 5.41) is 14.7. The number of nitrogens with zero attached hydrogens (tertiary/aromatic N) is 1. The predicted molar refractivity (Wildman–Crippen MR) is 72.4 cm³/mol. The van der Waals surface area contributed by atoms with Crippen LogP contribution < -0.4 is 11.1 Å². The number of rotatable bonds is 6. The van der Waals surface area contributed by atoms with Gasteiger partial charge in [0.2, 0.25) is 0 Å². The topological polar surface area (TPSA) is 88.2 Å². The van der Waals surface area contributed by atoms with E-state index >= 15 is 0 Å². The summed E-state index contributed by atoms with van der Waals surface area (Å²) in [5.74, 6) is -0.190. The third-order valence-corrected chi connectivity index (χ3v) is 3.41. The van der Waals surface area contributed by atoms with E-state index in [0.717, 1.165) is 5.01 Å². The molecule has 1 rings (SSSR count). The van der Waals surface area contributed by atoms with Crippen LogP contribution in [-0.2, 0) is 6.54 Å². The van der Waals surface area contributed by atoms with Crippen LogP contribution >= 0.6 is 11.3 Å². The molecular weight excluding hydrogens is 250 g/mol. The molecule has 1 unspecified atom stereocenters. The van der Waals surface area contributed by atoms with Crippen molar-refractivity contribution in [1.82, 2.24) is 10.3 Å². The van der Waals surface area contributed by atoms with Gasteiger partial charge in [-0.3, -0.25) is 4.79 Å². The lowest BCUT2D eigenvalue weighted by Crippen LogP contribution is -2.35. The number of hydrogen-bond donors (Lipinski definition) is 3. The zero-order chi connectivity index (χ0) is 13.8. The molecule has 5 nitrogen and oxygen atoms in total. The predicted octanol–water partition coefficient (Wildman–Crippen LogP) is 1.13. The Morgan fingerprint density at radius 2 is 2.33 bits per heavy atom. The third kappa shape index (κ3) is 4.72. The molecule has 0 aliphatic carbocycles. The molecule has 0 spiro atoms. The van der Waals surface area contributed by atoms with E-state index in [1.807, 2.05) is 13.8 Å². The van der Waals surface area contributed by atoms with E-state index in [1.165, 1.54) is 11.3 Å². The Bertz CT molecular complexity index is 402. The number of carbonyl (C=O) groups is 1. The maximum Gasteiger partial charge on any atom is 0.270 e. The van der Waals surface area contributed by atoms with Crippen molar-refractivity contribution < 1.29 is 9.90 Å². The van der Waals surface area contributed by atoms with Crippen LogP contribution in [0.1, 0.15) is 42.7 Å². The summed E-state index contributed by atoms with van der Waals surface area (Å²) in [6.45, 7) is 6.62. The monoisotopic (exact) mass is 271 g/mol. The van der Waals surface area contributed by atoms with E-state index in [1.54, 1.807) is 12.3 Å². The molecule has 1 heterocycles. The summed E-state index contributed by atoms with van der Waals surface area (Å²) in [6.07, 6.45) is 0.262. The highest BCUT2D eigenvalue weighted by Crippen LogP contribution is 2.21. The Labute approximate surface area is 111 Å². The SMILES string of the molecule is CC(O)CC(C)(C)CNC(=O)c1csc(CN)n1. The number of aliphatic hydroxyl groups is 1. The Morgan fingerprint density at radius 1 is 1.67 bits per heavy atom. The van der Waals surface area contributed by atoms with E-state index < -0.39 is 0 Å². The zero-order valence-electron chi connectivity index (χ0n) is 11.1. The van der Waals surface area contributed by atoms with Gasteiger partial charge in [-0.05, 0) is 18.8 Å². The van der Waals surface area contributed by atoms with Crippen LogP contribution in [0.2, 0.25) is 0 Å². The summed E-state index contributed by atoms with van der Waals surface area (Å²) in [4.78, 5) is 16.0. The van der Waals surface area contributed by atoms with Gasteiger partial charge in [0.15, 0.2) is 0 Å². The second kappa shape index (κ2) is 6.26. The van der Waals surface area contributed by atoms with Crippen LogP contribution in [0.5, 0.6) is 0 Å². The fourth-order valence-corrected chi connectivity index (χ4v) is 2.45. The average Bonchev–Trinajstić information content (AvgIpc) is 2.72. The number of aliphatic hydroxyl groups excluding tert-OH is 1. The average molecular weight is 271 g/mol. The molecule has 0 saturated heterocycles. The van der Waals surface area contributed by atoms with E-state index in [9.17, 15) is 9.90 Å². The Morgan fingerprint density at radius 3 is 2.83 bits per heavy atom. The summed E-state index contributed by atoms with van der Waals surface area (Å²) < 4.78 is 0. The van der Waals surface area contributed by atoms with E-state index in [4.69, 9.17) is 5.73 Å².